The number of benzene rings is 1. The lowest BCUT2D eigenvalue weighted by atomic mass is 10.3. The van der Waals surface area contributed by atoms with Crippen LogP contribution in [0.2, 0.25) is 10.0 Å². The molecule has 1 aromatic carbocycles. The van der Waals surface area contributed by atoms with Gasteiger partial charge < -0.3 is 15.4 Å². The summed E-state index contributed by atoms with van der Waals surface area (Å²) >= 11 is 11.7. The van der Waals surface area contributed by atoms with Gasteiger partial charge >= 0.3 is 5.97 Å². The van der Waals surface area contributed by atoms with E-state index in [1.165, 1.54) is 0 Å². The predicted molar refractivity (Wildman–Crippen MR) is 79.2 cm³/mol. The Hall–Kier alpha value is -1.30. The number of hydrogen-bond donors (Lipinski definition) is 2. The molecule has 1 aromatic rings. The third-order valence-electron chi connectivity index (χ3n) is 2.30. The summed E-state index contributed by atoms with van der Waals surface area (Å²) in [5.41, 5.74) is 0.455. The van der Waals surface area contributed by atoms with E-state index in [9.17, 15) is 9.59 Å². The third-order valence-corrected chi connectivity index (χ3v) is 2.86. The van der Waals surface area contributed by atoms with Crippen LogP contribution in [0.5, 0.6) is 0 Å². The zero-order valence-corrected chi connectivity index (χ0v) is 12.6. The number of anilines is 1. The number of esters is 1. The molecule has 1 amide bonds. The zero-order chi connectivity index (χ0) is 15.0. The van der Waals surface area contributed by atoms with E-state index in [0.717, 1.165) is 0 Å². The number of amides is 1. The molecule has 0 atom stereocenters. The largest absolute Gasteiger partial charge is 0.466 e. The van der Waals surface area contributed by atoms with Crippen molar-refractivity contribution < 1.29 is 14.3 Å². The lowest BCUT2D eigenvalue weighted by molar-refractivity contribution is -0.143. The second kappa shape index (κ2) is 8.79. The summed E-state index contributed by atoms with van der Waals surface area (Å²) in [7, 11) is 0. The molecule has 0 aromatic heterocycles. The fourth-order valence-corrected chi connectivity index (χ4v) is 1.75. The molecule has 0 radical (unpaired) electrons. The van der Waals surface area contributed by atoms with Gasteiger partial charge in [0.2, 0.25) is 5.91 Å². The van der Waals surface area contributed by atoms with Crippen LogP contribution in [0.15, 0.2) is 18.2 Å². The molecule has 0 aliphatic rings. The van der Waals surface area contributed by atoms with Gasteiger partial charge in [-0.1, -0.05) is 23.2 Å². The van der Waals surface area contributed by atoms with E-state index in [0.29, 0.717) is 28.9 Å². The minimum atomic E-state index is -0.293. The highest BCUT2D eigenvalue weighted by atomic mass is 35.5. The van der Waals surface area contributed by atoms with Crippen molar-refractivity contribution in [3.8, 4) is 0 Å². The number of carbonyl (C=O) groups excluding carboxylic acids is 2. The van der Waals surface area contributed by atoms with Crippen LogP contribution in [0.1, 0.15) is 13.3 Å². The summed E-state index contributed by atoms with van der Waals surface area (Å²) in [5.74, 6) is -0.559. The summed E-state index contributed by atoms with van der Waals surface area (Å²) in [6.45, 7) is 2.54. The highest BCUT2D eigenvalue weighted by Gasteiger charge is 2.07. The minimum absolute atomic E-state index is 0.0717. The summed E-state index contributed by atoms with van der Waals surface area (Å²) in [6, 6.07) is 4.81. The van der Waals surface area contributed by atoms with Crippen LogP contribution in [0.3, 0.4) is 0 Å². The number of carbonyl (C=O) groups is 2. The van der Waals surface area contributed by atoms with Gasteiger partial charge in [-0.2, -0.15) is 0 Å². The monoisotopic (exact) mass is 318 g/mol. The van der Waals surface area contributed by atoms with Gasteiger partial charge in [0.1, 0.15) is 0 Å². The van der Waals surface area contributed by atoms with Crippen LogP contribution in [-0.4, -0.2) is 31.6 Å². The SMILES string of the molecule is CCOC(=O)CCNCC(=O)Nc1cc(Cl)ccc1Cl. The van der Waals surface area contributed by atoms with E-state index in [2.05, 4.69) is 10.6 Å². The van der Waals surface area contributed by atoms with Crippen molar-refractivity contribution in [2.75, 3.05) is 25.0 Å². The molecule has 7 heteroatoms. The number of ether oxygens (including phenoxy) is 1. The first-order valence-electron chi connectivity index (χ1n) is 6.14. The van der Waals surface area contributed by atoms with Crippen LogP contribution in [0.25, 0.3) is 0 Å². The van der Waals surface area contributed by atoms with Gasteiger partial charge in [0, 0.05) is 11.6 Å². The Morgan fingerprint density at radius 2 is 2.05 bits per heavy atom. The molecule has 0 aliphatic carbocycles. The number of rotatable bonds is 7. The molecule has 0 saturated heterocycles. The number of halogens is 2. The van der Waals surface area contributed by atoms with Crippen molar-refractivity contribution in [1.82, 2.24) is 5.32 Å². The highest BCUT2D eigenvalue weighted by molar-refractivity contribution is 6.35. The zero-order valence-electron chi connectivity index (χ0n) is 11.0. The van der Waals surface area contributed by atoms with Gasteiger partial charge in [-0.25, -0.2) is 0 Å². The lowest BCUT2D eigenvalue weighted by Gasteiger charge is -2.08. The van der Waals surface area contributed by atoms with Crippen molar-refractivity contribution in [3.63, 3.8) is 0 Å². The Morgan fingerprint density at radius 1 is 1.30 bits per heavy atom. The molecule has 0 heterocycles. The molecule has 0 unspecified atom stereocenters. The van der Waals surface area contributed by atoms with Crippen molar-refractivity contribution in [2.45, 2.75) is 13.3 Å². The maximum atomic E-state index is 11.7. The van der Waals surface area contributed by atoms with Gasteiger partial charge in [0.25, 0.3) is 0 Å². The van der Waals surface area contributed by atoms with Crippen molar-refractivity contribution in [3.05, 3.63) is 28.2 Å². The molecule has 0 aliphatic heterocycles. The molecule has 20 heavy (non-hydrogen) atoms. The van der Waals surface area contributed by atoms with E-state index in [1.807, 2.05) is 0 Å². The summed E-state index contributed by atoms with van der Waals surface area (Å²) in [6.07, 6.45) is 0.221. The summed E-state index contributed by atoms with van der Waals surface area (Å²) < 4.78 is 4.76. The Bertz CT molecular complexity index is 481. The minimum Gasteiger partial charge on any atom is -0.466 e. The molecular formula is C13H16Cl2N2O3. The smallest absolute Gasteiger partial charge is 0.307 e. The first-order chi connectivity index (χ1) is 9.52. The second-order valence-corrected chi connectivity index (χ2v) is 4.75. The van der Waals surface area contributed by atoms with Gasteiger partial charge in [-0.05, 0) is 25.1 Å². The van der Waals surface area contributed by atoms with Gasteiger partial charge in [0.15, 0.2) is 0 Å². The molecule has 2 N–H and O–H groups in total. The van der Waals surface area contributed by atoms with Crippen LogP contribution in [0.4, 0.5) is 5.69 Å². The third kappa shape index (κ3) is 6.23. The number of hydrogen-bond acceptors (Lipinski definition) is 4. The fourth-order valence-electron chi connectivity index (χ4n) is 1.41. The van der Waals surface area contributed by atoms with E-state index in [-0.39, 0.29) is 24.8 Å². The molecule has 5 nitrogen and oxygen atoms in total. The molecule has 0 fully saturated rings. The molecule has 0 saturated carbocycles. The average molecular weight is 319 g/mol. The first-order valence-corrected chi connectivity index (χ1v) is 6.89. The van der Waals surface area contributed by atoms with Crippen LogP contribution < -0.4 is 10.6 Å². The summed E-state index contributed by atoms with van der Waals surface area (Å²) in [5, 5.41) is 6.37. The molecule has 0 bridgehead atoms. The molecular weight excluding hydrogens is 303 g/mol. The standard InChI is InChI=1S/C13H16Cl2N2O3/c1-2-20-13(19)5-6-16-8-12(18)17-11-7-9(14)3-4-10(11)15/h3-4,7,16H,2,5-6,8H2,1H3,(H,17,18). The van der Waals surface area contributed by atoms with Crippen LogP contribution >= 0.6 is 23.2 Å². The van der Waals surface area contributed by atoms with E-state index >= 15 is 0 Å². The van der Waals surface area contributed by atoms with E-state index in [1.54, 1.807) is 25.1 Å². The Morgan fingerprint density at radius 3 is 2.75 bits per heavy atom. The highest BCUT2D eigenvalue weighted by Crippen LogP contribution is 2.25. The Balaban J connectivity index is 2.30. The van der Waals surface area contributed by atoms with E-state index in [4.69, 9.17) is 27.9 Å². The van der Waals surface area contributed by atoms with Gasteiger partial charge in [-0.15, -0.1) is 0 Å². The quantitative estimate of drug-likeness (QED) is 0.598. The van der Waals surface area contributed by atoms with Crippen LogP contribution in [0, 0.1) is 0 Å². The lowest BCUT2D eigenvalue weighted by Crippen LogP contribution is -2.30. The summed E-state index contributed by atoms with van der Waals surface area (Å²) in [4.78, 5) is 22.7. The normalized spacial score (nSPS) is 10.2. The van der Waals surface area contributed by atoms with Gasteiger partial charge in [-0.3, -0.25) is 9.59 Å². The average Bonchev–Trinajstić information content (AvgIpc) is 2.39. The second-order valence-electron chi connectivity index (χ2n) is 3.90. The van der Waals surface area contributed by atoms with Crippen molar-refractivity contribution in [2.24, 2.45) is 0 Å². The van der Waals surface area contributed by atoms with Crippen molar-refractivity contribution >= 4 is 40.8 Å². The molecule has 110 valence electrons. The maximum absolute atomic E-state index is 11.7. The topological polar surface area (TPSA) is 67.4 Å². The Kier molecular flexibility index (Phi) is 7.36. The molecule has 0 spiro atoms. The first kappa shape index (κ1) is 16.8. The Labute approximate surface area is 127 Å². The number of nitrogens with one attached hydrogen (secondary N) is 2. The van der Waals surface area contributed by atoms with E-state index < -0.39 is 0 Å². The van der Waals surface area contributed by atoms with Crippen LogP contribution in [-0.2, 0) is 14.3 Å². The van der Waals surface area contributed by atoms with Crippen molar-refractivity contribution in [1.29, 1.82) is 0 Å². The predicted octanol–water partition coefficient (Wildman–Crippen LogP) is 2.47. The maximum Gasteiger partial charge on any atom is 0.307 e. The fraction of sp³-hybridized carbons (Fsp3) is 0.385. The van der Waals surface area contributed by atoms with Gasteiger partial charge in [0.05, 0.1) is 30.3 Å². The molecule has 1 rings (SSSR count).